The van der Waals surface area contributed by atoms with Crippen LogP contribution in [0.3, 0.4) is 0 Å². The second-order valence-electron chi connectivity index (χ2n) is 17.4. The third kappa shape index (κ3) is 13.5. The summed E-state index contributed by atoms with van der Waals surface area (Å²) in [6, 6.07) is 16.0. The molecule has 2 heterocycles. The van der Waals surface area contributed by atoms with Gasteiger partial charge in [-0.1, -0.05) is 62.1 Å². The third-order valence-corrected chi connectivity index (χ3v) is 10.8. The van der Waals surface area contributed by atoms with Crippen molar-refractivity contribution in [2.75, 3.05) is 6.54 Å². The van der Waals surface area contributed by atoms with Gasteiger partial charge in [0.2, 0.25) is 11.8 Å². The number of aldehydes is 1. The van der Waals surface area contributed by atoms with Crippen LogP contribution in [-0.4, -0.2) is 52.6 Å². The lowest BCUT2D eigenvalue weighted by atomic mass is 9.86. The number of ether oxygens (including phenoxy) is 3. The number of carbonyl (C=O) groups is 2. The minimum Gasteiger partial charge on any atom is -0.459 e. The van der Waals surface area contributed by atoms with Crippen LogP contribution < -0.4 is 5.32 Å². The molecule has 2 aromatic heterocycles. The fraction of sp³-hybridized carbons (Fsp3) is 0.574. The number of rotatable bonds is 14. The van der Waals surface area contributed by atoms with E-state index < -0.39 is 5.60 Å². The summed E-state index contributed by atoms with van der Waals surface area (Å²) >= 11 is 0. The predicted octanol–water partition coefficient (Wildman–Crippen LogP) is 10.2. The molecule has 2 saturated carbocycles. The number of carbonyl (C=O) groups excluding carboxylic acids is 2. The van der Waals surface area contributed by atoms with Gasteiger partial charge in [0, 0.05) is 17.0 Å². The third-order valence-electron chi connectivity index (χ3n) is 10.8. The van der Waals surface area contributed by atoms with Crippen molar-refractivity contribution in [3.63, 3.8) is 0 Å². The van der Waals surface area contributed by atoms with E-state index in [4.69, 9.17) is 23.0 Å². The number of hydrogen-bond donors (Lipinski definition) is 1. The van der Waals surface area contributed by atoms with Gasteiger partial charge in [-0.2, -0.15) is 0 Å². The van der Waals surface area contributed by atoms with Gasteiger partial charge in [0.25, 0.3) is 0 Å². The number of hydrogen-bond acceptors (Lipinski definition) is 10. The molecule has 2 fully saturated rings. The SMILES string of the molecule is Cc1ccc(-c2nc(COC3CCCC(C=O)C3)c(C)o2)cc1.Cc1ccc(-c2nc(COC3CCCC(CN[C@H](C(=O)OC(C)(C)C)C(C)C)C3)c(C)o2)cc1. The second kappa shape index (κ2) is 20.5. The maximum Gasteiger partial charge on any atom is 0.323 e. The molecule has 0 radical (unpaired) electrons. The molecule has 1 N–H and O–H groups in total. The average Bonchev–Trinajstić information content (AvgIpc) is 3.74. The molecule has 4 unspecified atom stereocenters. The Kier molecular flexibility index (Phi) is 15.8. The molecule has 10 heteroatoms. The molecule has 5 atom stereocenters. The summed E-state index contributed by atoms with van der Waals surface area (Å²) < 4.78 is 29.5. The van der Waals surface area contributed by atoms with Gasteiger partial charge < -0.3 is 33.2 Å². The predicted molar refractivity (Wildman–Crippen MR) is 222 cm³/mol. The molecule has 10 nitrogen and oxygen atoms in total. The highest BCUT2D eigenvalue weighted by Crippen LogP contribution is 2.30. The summed E-state index contributed by atoms with van der Waals surface area (Å²) in [6.07, 6.45) is 9.60. The molecule has 310 valence electrons. The maximum absolute atomic E-state index is 12.6. The maximum atomic E-state index is 12.6. The van der Waals surface area contributed by atoms with Gasteiger partial charge in [-0.15, -0.1) is 0 Å². The summed E-state index contributed by atoms with van der Waals surface area (Å²) in [5.74, 6) is 3.50. The van der Waals surface area contributed by atoms with Crippen LogP contribution in [0.4, 0.5) is 0 Å². The Bertz CT molecular complexity index is 1850. The lowest BCUT2D eigenvalue weighted by molar-refractivity contribution is -0.158. The van der Waals surface area contributed by atoms with E-state index in [1.54, 1.807) is 0 Å². The largest absolute Gasteiger partial charge is 0.459 e. The number of nitrogens with zero attached hydrogens (tertiary/aromatic N) is 2. The molecule has 2 aliphatic rings. The van der Waals surface area contributed by atoms with Gasteiger partial charge in [0.05, 0.1) is 25.4 Å². The molecule has 0 aliphatic heterocycles. The summed E-state index contributed by atoms with van der Waals surface area (Å²) in [6.45, 7) is 19.5. The molecule has 6 rings (SSSR count). The van der Waals surface area contributed by atoms with Crippen molar-refractivity contribution in [3.05, 3.63) is 82.6 Å². The molecular formula is C47H65N3O7. The molecule has 0 saturated heterocycles. The molecule has 0 amide bonds. The highest BCUT2D eigenvalue weighted by Gasteiger charge is 2.30. The molecular weight excluding hydrogens is 719 g/mol. The Morgan fingerprint density at radius 3 is 1.74 bits per heavy atom. The highest BCUT2D eigenvalue weighted by molar-refractivity contribution is 5.76. The van der Waals surface area contributed by atoms with Gasteiger partial charge in [0.15, 0.2) is 0 Å². The van der Waals surface area contributed by atoms with Crippen LogP contribution in [0.15, 0.2) is 57.4 Å². The standard InChI is InChI=1S/C28H42N2O4.C19H23NO3/c1-18(2)25(27(31)34-28(5,6)7)29-16-21-9-8-10-23(15-21)32-17-24-20(4)33-26(30-24)22-13-11-19(3)12-14-22;1-13-6-8-16(9-7-13)19-20-18(14(2)23-19)12-22-17-5-3-4-15(10-17)11-21/h11-14,18,21,23,25,29H,8-10,15-17H2,1-7H3;6-9,11,15,17H,3-5,10,12H2,1-2H3/t21?,23?,25-;/m0./s1. The van der Waals surface area contributed by atoms with Crippen LogP contribution in [0.2, 0.25) is 0 Å². The van der Waals surface area contributed by atoms with Crippen molar-refractivity contribution in [1.82, 2.24) is 15.3 Å². The molecule has 0 spiro atoms. The van der Waals surface area contributed by atoms with Crippen molar-refractivity contribution in [3.8, 4) is 22.9 Å². The second-order valence-corrected chi connectivity index (χ2v) is 17.4. The molecule has 2 aliphatic carbocycles. The van der Waals surface area contributed by atoms with Crippen LogP contribution >= 0.6 is 0 Å². The minimum atomic E-state index is -0.478. The average molecular weight is 784 g/mol. The smallest absolute Gasteiger partial charge is 0.323 e. The van der Waals surface area contributed by atoms with E-state index in [-0.39, 0.29) is 36.1 Å². The molecule has 4 aromatic rings. The van der Waals surface area contributed by atoms with E-state index >= 15 is 0 Å². The lowest BCUT2D eigenvalue weighted by Crippen LogP contribution is -2.46. The fourth-order valence-corrected chi connectivity index (χ4v) is 7.44. The topological polar surface area (TPSA) is 126 Å². The first-order chi connectivity index (χ1) is 27.2. The van der Waals surface area contributed by atoms with Gasteiger partial charge in [-0.3, -0.25) is 4.79 Å². The molecule has 57 heavy (non-hydrogen) atoms. The van der Waals surface area contributed by atoms with Crippen LogP contribution in [0.5, 0.6) is 0 Å². The molecule has 0 bridgehead atoms. The zero-order valence-electron chi connectivity index (χ0n) is 35.7. The quantitative estimate of drug-likeness (QED) is 0.0975. The normalized spacial score (nSPS) is 20.5. The van der Waals surface area contributed by atoms with Crippen LogP contribution in [0.25, 0.3) is 22.9 Å². The van der Waals surface area contributed by atoms with Crippen LogP contribution in [-0.2, 0) is 37.0 Å². The Morgan fingerprint density at radius 1 is 0.772 bits per heavy atom. The summed E-state index contributed by atoms with van der Waals surface area (Å²) in [7, 11) is 0. The number of aromatic nitrogens is 2. The van der Waals surface area contributed by atoms with Crippen molar-refractivity contribution in [2.24, 2.45) is 17.8 Å². The van der Waals surface area contributed by atoms with Crippen molar-refractivity contribution in [1.29, 1.82) is 0 Å². The number of esters is 1. The zero-order chi connectivity index (χ0) is 41.1. The monoisotopic (exact) mass is 783 g/mol. The van der Waals surface area contributed by atoms with E-state index in [1.807, 2.05) is 71.0 Å². The Morgan fingerprint density at radius 2 is 1.26 bits per heavy atom. The van der Waals surface area contributed by atoms with Crippen molar-refractivity contribution in [2.45, 2.75) is 151 Å². The Balaban J connectivity index is 0.000000234. The first-order valence-electron chi connectivity index (χ1n) is 20.9. The van der Waals surface area contributed by atoms with E-state index in [0.717, 1.165) is 98.2 Å². The van der Waals surface area contributed by atoms with Gasteiger partial charge in [-0.25, -0.2) is 9.97 Å². The van der Waals surface area contributed by atoms with Gasteiger partial charge in [-0.05, 0) is 130 Å². The van der Waals surface area contributed by atoms with E-state index in [1.165, 1.54) is 11.1 Å². The Hall–Kier alpha value is -4.12. The number of oxazole rings is 2. The highest BCUT2D eigenvalue weighted by atomic mass is 16.6. The zero-order valence-corrected chi connectivity index (χ0v) is 35.7. The van der Waals surface area contributed by atoms with E-state index in [9.17, 15) is 9.59 Å². The Labute approximate surface area is 339 Å². The van der Waals surface area contributed by atoms with Crippen LogP contribution in [0.1, 0.15) is 120 Å². The summed E-state index contributed by atoms with van der Waals surface area (Å²) in [5, 5.41) is 3.48. The summed E-state index contributed by atoms with van der Waals surface area (Å²) in [4.78, 5) is 32.8. The van der Waals surface area contributed by atoms with Gasteiger partial charge >= 0.3 is 5.97 Å². The first-order valence-corrected chi connectivity index (χ1v) is 20.9. The number of aryl methyl sites for hydroxylation is 4. The number of benzene rings is 2. The number of nitrogens with one attached hydrogen (secondary N) is 1. The van der Waals surface area contributed by atoms with Crippen LogP contribution in [0, 0.1) is 45.4 Å². The van der Waals surface area contributed by atoms with E-state index in [0.29, 0.717) is 30.9 Å². The first kappa shape index (κ1) is 44.0. The van der Waals surface area contributed by atoms with Gasteiger partial charge in [0.1, 0.15) is 40.8 Å². The lowest BCUT2D eigenvalue weighted by Gasteiger charge is -2.32. The minimum absolute atomic E-state index is 0.148. The summed E-state index contributed by atoms with van der Waals surface area (Å²) in [5.41, 5.74) is 5.60. The van der Waals surface area contributed by atoms with Crippen molar-refractivity contribution >= 4 is 12.3 Å². The fourth-order valence-electron chi connectivity index (χ4n) is 7.44. The molecule has 2 aromatic carbocycles. The van der Waals surface area contributed by atoms with E-state index in [2.05, 4.69) is 55.1 Å². The van der Waals surface area contributed by atoms with Crippen molar-refractivity contribution < 1.29 is 32.6 Å².